The molecule has 8 rings (SSSR count). The highest BCUT2D eigenvalue weighted by Gasteiger charge is 2.46. The maximum Gasteiger partial charge on any atom is 0.184 e. The molecular formula is C56H36Si. The minimum absolute atomic E-state index is 0.954. The van der Waals surface area contributed by atoms with Crippen molar-refractivity contribution >= 4 is 28.8 Å². The van der Waals surface area contributed by atoms with Gasteiger partial charge in [-0.3, -0.25) is 0 Å². The van der Waals surface area contributed by atoms with Gasteiger partial charge < -0.3 is 0 Å². The Kier molecular flexibility index (Phi) is 11.2. The van der Waals surface area contributed by atoms with Gasteiger partial charge in [0.05, 0.1) is 0 Å². The fourth-order valence-corrected chi connectivity index (χ4v) is 12.5. The molecule has 1 heteroatoms. The summed E-state index contributed by atoms with van der Waals surface area (Å²) in [6, 6.07) is 75.3. The van der Waals surface area contributed by atoms with E-state index in [1.165, 1.54) is 0 Å². The Bertz CT molecular complexity index is 2490. The first-order chi connectivity index (χ1) is 28.3. The van der Waals surface area contributed by atoms with E-state index in [1.807, 2.05) is 72.8 Å². The normalized spacial score (nSPS) is 10.2. The topological polar surface area (TPSA) is 0 Å². The summed E-state index contributed by atoms with van der Waals surface area (Å²) in [6.45, 7) is 0. The lowest BCUT2D eigenvalue weighted by Gasteiger charge is -2.37. The molecule has 0 atom stereocenters. The van der Waals surface area contributed by atoms with Crippen LogP contribution in [0.5, 0.6) is 0 Å². The Hall–Kier alpha value is -7.78. The van der Waals surface area contributed by atoms with Crippen molar-refractivity contribution in [1.82, 2.24) is 0 Å². The molecular weight excluding hydrogens is 701 g/mol. The van der Waals surface area contributed by atoms with Gasteiger partial charge in [0, 0.05) is 44.5 Å². The van der Waals surface area contributed by atoms with Crippen LogP contribution in [0, 0.1) is 47.4 Å². The fourth-order valence-electron chi connectivity index (χ4n) is 7.19. The van der Waals surface area contributed by atoms with Crippen LogP contribution in [0.4, 0.5) is 0 Å². The third kappa shape index (κ3) is 8.18. The second-order valence-corrected chi connectivity index (χ2v) is 17.1. The zero-order valence-corrected chi connectivity index (χ0v) is 32.3. The van der Waals surface area contributed by atoms with Crippen LogP contribution < -0.4 is 20.7 Å². The van der Waals surface area contributed by atoms with Crippen molar-refractivity contribution in [2.24, 2.45) is 0 Å². The first-order valence-electron chi connectivity index (χ1n) is 19.0. The molecule has 0 unspecified atom stereocenters. The van der Waals surface area contributed by atoms with E-state index < -0.39 is 8.07 Å². The summed E-state index contributed by atoms with van der Waals surface area (Å²) in [4.78, 5) is 0. The quantitative estimate of drug-likeness (QED) is 0.0965. The molecule has 0 saturated heterocycles. The Morgan fingerprint density at radius 2 is 0.386 bits per heavy atom. The van der Waals surface area contributed by atoms with Gasteiger partial charge in [-0.25, -0.2) is 0 Å². The molecule has 8 aromatic rings. The third-order valence-electron chi connectivity index (χ3n) is 9.79. The SMILES string of the molecule is C(#Cc1ccccc1[Si](c1ccccc1C#Cc1ccccc1)(c1ccccc1C#Cc1ccccc1)c1ccccc1C#Cc1ccccc1)c1ccccc1. The van der Waals surface area contributed by atoms with Crippen molar-refractivity contribution in [2.45, 2.75) is 0 Å². The molecule has 0 heterocycles. The maximum absolute atomic E-state index is 3.65. The summed E-state index contributed by atoms with van der Waals surface area (Å²) in [5, 5.41) is 4.58. The first kappa shape index (κ1) is 36.2. The highest BCUT2D eigenvalue weighted by molar-refractivity contribution is 7.20. The van der Waals surface area contributed by atoms with Gasteiger partial charge in [0.1, 0.15) is 0 Å². The van der Waals surface area contributed by atoms with Crippen molar-refractivity contribution in [3.63, 3.8) is 0 Å². The summed E-state index contributed by atoms with van der Waals surface area (Å²) in [7, 11) is -3.44. The van der Waals surface area contributed by atoms with Crippen LogP contribution in [0.3, 0.4) is 0 Å². The van der Waals surface area contributed by atoms with Gasteiger partial charge in [0.15, 0.2) is 8.07 Å². The molecule has 264 valence electrons. The van der Waals surface area contributed by atoms with E-state index in [-0.39, 0.29) is 0 Å². The lowest BCUT2D eigenvalue weighted by molar-refractivity contribution is 1.59. The molecule has 57 heavy (non-hydrogen) atoms. The molecule has 0 amide bonds. The summed E-state index contributed by atoms with van der Waals surface area (Å²) >= 11 is 0. The molecule has 0 fully saturated rings. The second-order valence-electron chi connectivity index (χ2n) is 13.4. The van der Waals surface area contributed by atoms with Crippen molar-refractivity contribution in [3.05, 3.63) is 263 Å². The van der Waals surface area contributed by atoms with Crippen LogP contribution in [0.25, 0.3) is 0 Å². The molecule has 0 aliphatic rings. The molecule has 0 aliphatic carbocycles. The molecule has 0 N–H and O–H groups in total. The van der Waals surface area contributed by atoms with Gasteiger partial charge in [-0.2, -0.15) is 0 Å². The third-order valence-corrected chi connectivity index (χ3v) is 14.8. The number of hydrogen-bond donors (Lipinski definition) is 0. The zero-order chi connectivity index (χ0) is 38.5. The van der Waals surface area contributed by atoms with Gasteiger partial charge >= 0.3 is 0 Å². The zero-order valence-electron chi connectivity index (χ0n) is 31.3. The van der Waals surface area contributed by atoms with E-state index in [1.54, 1.807) is 0 Å². The maximum atomic E-state index is 3.65. The van der Waals surface area contributed by atoms with E-state index in [0.717, 1.165) is 65.3 Å². The van der Waals surface area contributed by atoms with E-state index in [0.29, 0.717) is 0 Å². The highest BCUT2D eigenvalue weighted by atomic mass is 28.3. The van der Waals surface area contributed by atoms with Gasteiger partial charge in [0.2, 0.25) is 0 Å². The van der Waals surface area contributed by atoms with E-state index >= 15 is 0 Å². The first-order valence-corrected chi connectivity index (χ1v) is 21.0. The van der Waals surface area contributed by atoms with Crippen LogP contribution >= 0.6 is 0 Å². The molecule has 0 aliphatic heterocycles. The molecule has 0 nitrogen and oxygen atoms in total. The monoisotopic (exact) mass is 736 g/mol. The molecule has 0 aromatic heterocycles. The summed E-state index contributed by atoms with van der Waals surface area (Å²) in [6.07, 6.45) is 0. The summed E-state index contributed by atoms with van der Waals surface area (Å²) < 4.78 is 0. The summed E-state index contributed by atoms with van der Waals surface area (Å²) in [5.74, 6) is 28.6. The van der Waals surface area contributed by atoms with Crippen molar-refractivity contribution < 1.29 is 0 Å². The van der Waals surface area contributed by atoms with Crippen LogP contribution in [-0.2, 0) is 0 Å². The van der Waals surface area contributed by atoms with Crippen LogP contribution in [0.15, 0.2) is 218 Å². The molecule has 0 spiro atoms. The predicted molar refractivity (Wildman–Crippen MR) is 240 cm³/mol. The van der Waals surface area contributed by atoms with E-state index in [4.69, 9.17) is 0 Å². The van der Waals surface area contributed by atoms with E-state index in [9.17, 15) is 0 Å². The minimum atomic E-state index is -3.44. The Balaban J connectivity index is 1.52. The van der Waals surface area contributed by atoms with Crippen molar-refractivity contribution in [2.75, 3.05) is 0 Å². The Labute approximate surface area is 337 Å². The number of benzene rings is 8. The van der Waals surface area contributed by atoms with Gasteiger partial charge in [-0.05, 0) is 93.5 Å². The average molecular weight is 737 g/mol. The number of hydrogen-bond acceptors (Lipinski definition) is 0. The van der Waals surface area contributed by atoms with Crippen molar-refractivity contribution in [1.29, 1.82) is 0 Å². The Morgan fingerprint density at radius 1 is 0.193 bits per heavy atom. The molecule has 0 bridgehead atoms. The van der Waals surface area contributed by atoms with Gasteiger partial charge in [-0.1, -0.05) is 193 Å². The summed E-state index contributed by atoms with van der Waals surface area (Å²) in [5.41, 5.74) is 7.64. The molecule has 0 radical (unpaired) electrons. The average Bonchev–Trinajstić information content (AvgIpc) is 3.29. The van der Waals surface area contributed by atoms with Crippen LogP contribution in [0.2, 0.25) is 0 Å². The van der Waals surface area contributed by atoms with Crippen LogP contribution in [0.1, 0.15) is 44.5 Å². The largest absolute Gasteiger partial charge is 0.184 e. The Morgan fingerprint density at radius 3 is 0.614 bits per heavy atom. The number of rotatable bonds is 4. The second kappa shape index (κ2) is 17.6. The smallest absolute Gasteiger partial charge is 0.0623 e. The minimum Gasteiger partial charge on any atom is -0.0623 e. The van der Waals surface area contributed by atoms with Crippen LogP contribution in [-0.4, -0.2) is 8.07 Å². The molecule has 0 saturated carbocycles. The van der Waals surface area contributed by atoms with E-state index in [2.05, 4.69) is 193 Å². The highest BCUT2D eigenvalue weighted by Crippen LogP contribution is 2.18. The lowest BCUT2D eigenvalue weighted by atomic mass is 10.1. The van der Waals surface area contributed by atoms with Gasteiger partial charge in [-0.15, -0.1) is 0 Å². The van der Waals surface area contributed by atoms with Crippen molar-refractivity contribution in [3.8, 4) is 47.4 Å². The van der Waals surface area contributed by atoms with Gasteiger partial charge in [0.25, 0.3) is 0 Å². The standard InChI is InChI=1S/C56H36Si/c1-5-21-45(22-6-1)37-41-49-29-13-17-33-53(49)57(54-34-18-14-30-50(54)42-38-46-23-7-2-8-24-46,55-35-19-15-31-51(55)43-39-47-25-9-3-10-26-47)56-36-20-16-32-52(56)44-40-48-27-11-4-12-28-48/h1-36H. The fraction of sp³-hybridized carbons (Fsp3) is 0. The molecule has 8 aromatic carbocycles. The lowest BCUT2D eigenvalue weighted by Crippen LogP contribution is -2.77. The predicted octanol–water partition coefficient (Wildman–Crippen LogP) is 8.66.